The highest BCUT2D eigenvalue weighted by Gasteiger charge is 2.57. The number of carbonyl (C=O) groups is 2. The molecule has 8 nitrogen and oxygen atoms in total. The van der Waals surface area contributed by atoms with Crippen LogP contribution in [0, 0.1) is 11.8 Å². The van der Waals surface area contributed by atoms with Gasteiger partial charge in [0.1, 0.15) is 0 Å². The van der Waals surface area contributed by atoms with Crippen molar-refractivity contribution < 1.29 is 14.7 Å². The zero-order chi connectivity index (χ0) is 25.7. The van der Waals surface area contributed by atoms with E-state index in [1.165, 1.54) is 5.56 Å². The maximum Gasteiger partial charge on any atom is 0.258 e. The van der Waals surface area contributed by atoms with Crippen LogP contribution < -0.4 is 5.56 Å². The summed E-state index contributed by atoms with van der Waals surface area (Å²) in [6.45, 7) is 2.93. The maximum absolute atomic E-state index is 14.1. The van der Waals surface area contributed by atoms with Crippen molar-refractivity contribution in [2.45, 2.75) is 44.9 Å². The van der Waals surface area contributed by atoms with E-state index in [1.54, 1.807) is 40.9 Å². The summed E-state index contributed by atoms with van der Waals surface area (Å²) in [7, 11) is 0. The van der Waals surface area contributed by atoms with Crippen LogP contribution in [-0.4, -0.2) is 55.5 Å². The number of nitrogens with zero attached hydrogens (tertiary/aromatic N) is 4. The second kappa shape index (κ2) is 9.27. The quantitative estimate of drug-likeness (QED) is 0.596. The number of aliphatic hydroxyl groups is 1. The second-order valence-corrected chi connectivity index (χ2v) is 10.1. The highest BCUT2D eigenvalue weighted by atomic mass is 16.3. The summed E-state index contributed by atoms with van der Waals surface area (Å²) in [6.07, 6.45) is 4.38. The molecule has 3 aliphatic heterocycles. The predicted octanol–water partition coefficient (Wildman–Crippen LogP) is 2.40. The van der Waals surface area contributed by atoms with E-state index < -0.39 is 23.9 Å². The van der Waals surface area contributed by atoms with Gasteiger partial charge in [-0.1, -0.05) is 37.3 Å². The molecule has 0 radical (unpaired) electrons. The summed E-state index contributed by atoms with van der Waals surface area (Å²) in [5.74, 6) is -1.20. The monoisotopic (exact) mass is 498 g/mol. The molecule has 5 heterocycles. The van der Waals surface area contributed by atoms with Gasteiger partial charge in [-0.15, -0.1) is 0 Å². The first-order valence-corrected chi connectivity index (χ1v) is 12.9. The Morgan fingerprint density at radius 1 is 1.08 bits per heavy atom. The van der Waals surface area contributed by atoms with Crippen molar-refractivity contribution in [3.63, 3.8) is 0 Å². The molecule has 0 unspecified atom stereocenters. The molecule has 3 aromatic rings. The van der Waals surface area contributed by atoms with Gasteiger partial charge in [0.2, 0.25) is 11.8 Å². The molecule has 1 aromatic carbocycles. The van der Waals surface area contributed by atoms with Gasteiger partial charge in [-0.25, -0.2) is 0 Å². The molecular weight excluding hydrogens is 468 g/mol. The number of pyridine rings is 2. The van der Waals surface area contributed by atoms with E-state index in [0.717, 1.165) is 17.5 Å². The molecule has 37 heavy (non-hydrogen) atoms. The van der Waals surface area contributed by atoms with Crippen molar-refractivity contribution >= 4 is 11.8 Å². The molecule has 0 spiro atoms. The highest BCUT2D eigenvalue weighted by molar-refractivity contribution is 5.84. The molecule has 3 aliphatic rings. The van der Waals surface area contributed by atoms with Gasteiger partial charge in [-0.2, -0.15) is 0 Å². The number of carbonyl (C=O) groups excluding carboxylic acids is 2. The van der Waals surface area contributed by atoms with E-state index in [2.05, 4.69) is 11.1 Å². The summed E-state index contributed by atoms with van der Waals surface area (Å²) in [4.78, 5) is 48.8. The third kappa shape index (κ3) is 3.70. The van der Waals surface area contributed by atoms with Gasteiger partial charge in [-0.3, -0.25) is 19.4 Å². The van der Waals surface area contributed by atoms with E-state index in [-0.39, 0.29) is 30.5 Å². The van der Waals surface area contributed by atoms with E-state index in [4.69, 9.17) is 0 Å². The standard InChI is InChI=1S/C29H30N4O4/c1-2-25(35)33-24-16-32-23(10-9-21(28(32)36)19-8-5-12-30-14-19)27(33)26(22(24)17-34)29(37)31-13-11-18-6-3-4-7-20(18)15-31/h3-10,12,14,22,24,26-27,34H,2,11,13,15-17H2,1H3/t22-,24-,26+,27+/m1/s1. The summed E-state index contributed by atoms with van der Waals surface area (Å²) in [6, 6.07) is 14.4. The molecule has 2 amide bonds. The first-order chi connectivity index (χ1) is 18.0. The summed E-state index contributed by atoms with van der Waals surface area (Å²) < 4.78 is 1.71. The molecule has 2 bridgehead atoms. The molecule has 190 valence electrons. The minimum Gasteiger partial charge on any atom is -0.396 e. The molecule has 1 fully saturated rings. The first kappa shape index (κ1) is 23.6. The zero-order valence-electron chi connectivity index (χ0n) is 20.8. The van der Waals surface area contributed by atoms with Crippen molar-refractivity contribution in [1.82, 2.24) is 19.4 Å². The lowest BCUT2D eigenvalue weighted by molar-refractivity contribution is -0.140. The van der Waals surface area contributed by atoms with Crippen LogP contribution in [0.3, 0.4) is 0 Å². The van der Waals surface area contributed by atoms with Crippen LogP contribution in [0.25, 0.3) is 11.1 Å². The van der Waals surface area contributed by atoms with Gasteiger partial charge in [0, 0.05) is 67.8 Å². The van der Waals surface area contributed by atoms with Crippen LogP contribution in [-0.2, 0) is 29.1 Å². The Morgan fingerprint density at radius 3 is 2.62 bits per heavy atom. The smallest absolute Gasteiger partial charge is 0.258 e. The lowest BCUT2D eigenvalue weighted by Gasteiger charge is -2.39. The number of aromatic nitrogens is 2. The third-order valence-corrected chi connectivity index (χ3v) is 8.33. The largest absolute Gasteiger partial charge is 0.396 e. The summed E-state index contributed by atoms with van der Waals surface area (Å²) in [5.41, 5.74) is 4.12. The molecule has 2 aromatic heterocycles. The van der Waals surface area contributed by atoms with Gasteiger partial charge in [0.15, 0.2) is 0 Å². The van der Waals surface area contributed by atoms with Gasteiger partial charge in [0.05, 0.1) is 18.0 Å². The van der Waals surface area contributed by atoms with Crippen molar-refractivity contribution in [1.29, 1.82) is 0 Å². The van der Waals surface area contributed by atoms with E-state index in [1.807, 2.05) is 35.2 Å². The Bertz CT molecular complexity index is 1420. The van der Waals surface area contributed by atoms with Crippen molar-refractivity contribution in [3.05, 3.63) is 88.1 Å². The molecule has 1 N–H and O–H groups in total. The van der Waals surface area contributed by atoms with Crippen LogP contribution in [0.5, 0.6) is 0 Å². The number of amides is 2. The minimum absolute atomic E-state index is 0.0628. The fraction of sp³-hybridized carbons (Fsp3) is 0.379. The van der Waals surface area contributed by atoms with Gasteiger partial charge in [-0.05, 0) is 35.7 Å². The maximum atomic E-state index is 14.1. The second-order valence-electron chi connectivity index (χ2n) is 10.1. The average Bonchev–Trinajstić information content (AvgIpc) is 3.19. The lowest BCUT2D eigenvalue weighted by atomic mass is 9.85. The van der Waals surface area contributed by atoms with Gasteiger partial charge in [0.25, 0.3) is 5.56 Å². The van der Waals surface area contributed by atoms with E-state index in [9.17, 15) is 19.5 Å². The Labute approximate surface area is 215 Å². The van der Waals surface area contributed by atoms with Crippen LogP contribution in [0.4, 0.5) is 0 Å². The number of aliphatic hydroxyl groups excluding tert-OH is 1. The third-order valence-electron chi connectivity index (χ3n) is 8.33. The van der Waals surface area contributed by atoms with E-state index >= 15 is 0 Å². The lowest BCUT2D eigenvalue weighted by Crippen LogP contribution is -2.49. The number of benzene rings is 1. The van der Waals surface area contributed by atoms with Crippen molar-refractivity contribution in [3.8, 4) is 11.1 Å². The normalized spacial score (nSPS) is 23.9. The molecule has 0 saturated carbocycles. The van der Waals surface area contributed by atoms with Crippen LogP contribution in [0.15, 0.2) is 65.7 Å². The number of hydrogen-bond acceptors (Lipinski definition) is 5. The topological polar surface area (TPSA) is 95.7 Å². The van der Waals surface area contributed by atoms with Gasteiger partial charge >= 0.3 is 0 Å². The Kier molecular flexibility index (Phi) is 5.91. The van der Waals surface area contributed by atoms with Crippen molar-refractivity contribution in [2.75, 3.05) is 13.2 Å². The molecule has 0 aliphatic carbocycles. The van der Waals surface area contributed by atoms with E-state index in [0.29, 0.717) is 30.8 Å². The summed E-state index contributed by atoms with van der Waals surface area (Å²) in [5, 5.41) is 10.5. The molecule has 6 rings (SSSR count). The van der Waals surface area contributed by atoms with Crippen LogP contribution in [0.1, 0.15) is 36.2 Å². The molecule has 8 heteroatoms. The number of hydrogen-bond donors (Lipinski definition) is 1. The number of fused-ring (bicyclic) bond motifs is 5. The average molecular weight is 499 g/mol. The zero-order valence-corrected chi connectivity index (χ0v) is 20.8. The minimum atomic E-state index is -0.617. The van der Waals surface area contributed by atoms with Crippen LogP contribution >= 0.6 is 0 Å². The summed E-state index contributed by atoms with van der Waals surface area (Å²) >= 11 is 0. The van der Waals surface area contributed by atoms with Crippen molar-refractivity contribution in [2.24, 2.45) is 11.8 Å². The highest BCUT2D eigenvalue weighted by Crippen LogP contribution is 2.49. The molecule has 4 atom stereocenters. The number of rotatable bonds is 4. The Morgan fingerprint density at radius 2 is 1.89 bits per heavy atom. The Balaban J connectivity index is 1.43. The first-order valence-electron chi connectivity index (χ1n) is 12.9. The SMILES string of the molecule is CCC(=O)N1[C@@H]2Cn3c(ccc(-c4cccnc4)c3=O)[C@H]1[C@@H](C(=O)N1CCc3ccccc3C1)[C@@H]2CO. The predicted molar refractivity (Wildman–Crippen MR) is 137 cm³/mol. The fourth-order valence-electron chi connectivity index (χ4n) is 6.55. The molecular formula is C29H30N4O4. The Hall–Kier alpha value is -3.78. The molecule has 1 saturated heterocycles. The van der Waals surface area contributed by atoms with Crippen LogP contribution in [0.2, 0.25) is 0 Å². The van der Waals surface area contributed by atoms with Gasteiger partial charge < -0.3 is 19.5 Å². The fourth-order valence-corrected chi connectivity index (χ4v) is 6.55.